The highest BCUT2D eigenvalue weighted by Crippen LogP contribution is 2.11. The van der Waals surface area contributed by atoms with E-state index < -0.39 is 0 Å². The lowest BCUT2D eigenvalue weighted by Crippen LogP contribution is -2.32. The molecule has 1 atom stereocenters. The van der Waals surface area contributed by atoms with Crippen molar-refractivity contribution in [1.29, 1.82) is 0 Å². The molecule has 2 rings (SSSR count). The molecule has 122 valence electrons. The highest BCUT2D eigenvalue weighted by atomic mass is 35.5. The summed E-state index contributed by atoms with van der Waals surface area (Å²) in [6.45, 7) is 6.39. The first-order valence-electron chi connectivity index (χ1n) is 7.62. The van der Waals surface area contributed by atoms with E-state index >= 15 is 0 Å². The number of amides is 1. The van der Waals surface area contributed by atoms with Gasteiger partial charge in [0.25, 0.3) is 5.91 Å². The van der Waals surface area contributed by atoms with Crippen molar-refractivity contribution in [3.8, 4) is 0 Å². The molecule has 1 unspecified atom stereocenters. The molecular weight excluding hydrogens is 312 g/mol. The van der Waals surface area contributed by atoms with Crippen LogP contribution in [-0.4, -0.2) is 21.9 Å². The summed E-state index contributed by atoms with van der Waals surface area (Å²) in [6.07, 6.45) is 0.872. The zero-order chi connectivity index (χ0) is 16.8. The summed E-state index contributed by atoms with van der Waals surface area (Å²) >= 11 is 5.87. The van der Waals surface area contributed by atoms with Gasteiger partial charge in [0.1, 0.15) is 5.69 Å². The fraction of sp³-hybridized carbons (Fsp3) is 0.353. The number of carbonyl (C=O) groups is 1. The zero-order valence-electron chi connectivity index (χ0n) is 13.6. The Labute approximate surface area is 141 Å². The fourth-order valence-electron chi connectivity index (χ4n) is 1.95. The van der Waals surface area contributed by atoms with E-state index in [1.807, 2.05) is 45.0 Å². The number of hydrogen-bond donors (Lipinski definition) is 2. The third-order valence-electron chi connectivity index (χ3n) is 3.44. The van der Waals surface area contributed by atoms with Gasteiger partial charge in [0.15, 0.2) is 0 Å². The van der Waals surface area contributed by atoms with Crippen molar-refractivity contribution in [1.82, 2.24) is 15.3 Å². The van der Waals surface area contributed by atoms with Crippen molar-refractivity contribution in [2.75, 3.05) is 5.32 Å². The first kappa shape index (κ1) is 17.2. The molecule has 0 bridgehead atoms. The molecule has 5 nitrogen and oxygen atoms in total. The molecule has 1 aromatic heterocycles. The van der Waals surface area contributed by atoms with Crippen LogP contribution < -0.4 is 10.6 Å². The number of halogens is 1. The van der Waals surface area contributed by atoms with Crippen molar-refractivity contribution in [3.63, 3.8) is 0 Å². The average molecular weight is 333 g/mol. The van der Waals surface area contributed by atoms with E-state index in [1.54, 1.807) is 6.07 Å². The molecule has 0 saturated heterocycles. The van der Waals surface area contributed by atoms with Crippen molar-refractivity contribution >= 4 is 23.5 Å². The Hall–Kier alpha value is -2.14. The fourth-order valence-corrected chi connectivity index (χ4v) is 2.07. The van der Waals surface area contributed by atoms with E-state index in [1.165, 1.54) is 0 Å². The molecule has 2 aromatic rings. The highest BCUT2D eigenvalue weighted by Gasteiger charge is 2.12. The van der Waals surface area contributed by atoms with Crippen LogP contribution in [0.5, 0.6) is 0 Å². The molecule has 0 spiro atoms. The normalized spacial score (nSPS) is 11.8. The molecule has 1 amide bonds. The Morgan fingerprint density at radius 1 is 1.26 bits per heavy atom. The van der Waals surface area contributed by atoms with E-state index in [9.17, 15) is 4.79 Å². The van der Waals surface area contributed by atoms with Gasteiger partial charge >= 0.3 is 0 Å². The maximum absolute atomic E-state index is 12.2. The summed E-state index contributed by atoms with van der Waals surface area (Å²) in [5.41, 5.74) is 2.18. The van der Waals surface area contributed by atoms with Gasteiger partial charge in [0.2, 0.25) is 5.95 Å². The van der Waals surface area contributed by atoms with E-state index in [0.717, 1.165) is 17.7 Å². The Bertz CT molecular complexity index is 673. The van der Waals surface area contributed by atoms with Crippen LogP contribution in [0.3, 0.4) is 0 Å². The van der Waals surface area contributed by atoms with E-state index in [-0.39, 0.29) is 11.9 Å². The standard InChI is InChI=1S/C17H21ClN4O/c1-4-11(2)20-16(23)15-9-12(3)21-17(22-15)19-10-13-5-7-14(18)8-6-13/h5-9,11H,4,10H2,1-3H3,(H,20,23)(H,19,21,22). The number of carbonyl (C=O) groups excluding carboxylic acids is 1. The molecule has 1 heterocycles. The average Bonchev–Trinajstić information content (AvgIpc) is 2.53. The second-order valence-electron chi connectivity index (χ2n) is 5.48. The van der Waals surface area contributed by atoms with Crippen LogP contribution >= 0.6 is 11.6 Å². The molecule has 0 aliphatic rings. The van der Waals surface area contributed by atoms with Gasteiger partial charge in [-0.1, -0.05) is 30.7 Å². The van der Waals surface area contributed by atoms with Crippen LogP contribution in [0.15, 0.2) is 30.3 Å². The Balaban J connectivity index is 2.07. The van der Waals surface area contributed by atoms with Gasteiger partial charge in [-0.15, -0.1) is 0 Å². The van der Waals surface area contributed by atoms with Crippen LogP contribution in [0.1, 0.15) is 42.0 Å². The van der Waals surface area contributed by atoms with Gasteiger partial charge in [0.05, 0.1) is 0 Å². The third-order valence-corrected chi connectivity index (χ3v) is 3.69. The second-order valence-corrected chi connectivity index (χ2v) is 5.92. The predicted octanol–water partition coefficient (Wildman–Crippen LogP) is 3.58. The highest BCUT2D eigenvalue weighted by molar-refractivity contribution is 6.30. The summed E-state index contributed by atoms with van der Waals surface area (Å²) in [4.78, 5) is 20.8. The Morgan fingerprint density at radius 2 is 1.96 bits per heavy atom. The molecule has 2 N–H and O–H groups in total. The molecule has 0 aliphatic heterocycles. The van der Waals surface area contributed by atoms with Crippen LogP contribution in [0.2, 0.25) is 5.02 Å². The van der Waals surface area contributed by atoms with Gasteiger partial charge in [-0.05, 0) is 44.0 Å². The minimum absolute atomic E-state index is 0.114. The molecule has 0 aliphatic carbocycles. The number of benzene rings is 1. The maximum Gasteiger partial charge on any atom is 0.270 e. The predicted molar refractivity (Wildman–Crippen MR) is 92.8 cm³/mol. The smallest absolute Gasteiger partial charge is 0.270 e. The molecule has 0 fully saturated rings. The SMILES string of the molecule is CCC(C)NC(=O)c1cc(C)nc(NCc2ccc(Cl)cc2)n1. The lowest BCUT2D eigenvalue weighted by atomic mass is 10.2. The Morgan fingerprint density at radius 3 is 2.61 bits per heavy atom. The number of aryl methyl sites for hydroxylation is 1. The number of nitrogens with zero attached hydrogens (tertiary/aromatic N) is 2. The Kier molecular flexibility index (Phi) is 5.93. The number of aromatic nitrogens is 2. The number of hydrogen-bond acceptors (Lipinski definition) is 4. The molecule has 0 radical (unpaired) electrons. The summed E-state index contributed by atoms with van der Waals surface area (Å²) in [6, 6.07) is 9.33. The number of anilines is 1. The minimum Gasteiger partial charge on any atom is -0.350 e. The summed E-state index contributed by atoms with van der Waals surface area (Å²) in [7, 11) is 0. The lowest BCUT2D eigenvalue weighted by Gasteiger charge is -2.12. The monoisotopic (exact) mass is 332 g/mol. The van der Waals surface area contributed by atoms with E-state index in [4.69, 9.17) is 11.6 Å². The van der Waals surface area contributed by atoms with Crippen LogP contribution in [-0.2, 0) is 6.54 Å². The van der Waals surface area contributed by atoms with Gasteiger partial charge in [-0.25, -0.2) is 9.97 Å². The largest absolute Gasteiger partial charge is 0.350 e. The molecule has 23 heavy (non-hydrogen) atoms. The molecule has 6 heteroatoms. The van der Waals surface area contributed by atoms with Crippen LogP contribution in [0, 0.1) is 6.92 Å². The third kappa shape index (κ3) is 5.21. The van der Waals surface area contributed by atoms with Gasteiger partial charge in [-0.3, -0.25) is 4.79 Å². The molecule has 0 saturated carbocycles. The van der Waals surface area contributed by atoms with Gasteiger partial charge < -0.3 is 10.6 Å². The second kappa shape index (κ2) is 7.92. The zero-order valence-corrected chi connectivity index (χ0v) is 14.3. The molecule has 1 aromatic carbocycles. The van der Waals surface area contributed by atoms with Gasteiger partial charge in [-0.2, -0.15) is 0 Å². The summed E-state index contributed by atoms with van der Waals surface area (Å²) < 4.78 is 0. The first-order valence-corrected chi connectivity index (χ1v) is 8.00. The quantitative estimate of drug-likeness (QED) is 0.848. The summed E-state index contributed by atoms with van der Waals surface area (Å²) in [5, 5.41) is 6.75. The lowest BCUT2D eigenvalue weighted by molar-refractivity contribution is 0.0934. The van der Waals surface area contributed by atoms with Crippen molar-refractivity contribution in [2.45, 2.75) is 39.8 Å². The minimum atomic E-state index is -0.181. The van der Waals surface area contributed by atoms with Crippen LogP contribution in [0.4, 0.5) is 5.95 Å². The number of nitrogens with one attached hydrogen (secondary N) is 2. The van der Waals surface area contributed by atoms with Crippen molar-refractivity contribution in [2.24, 2.45) is 0 Å². The summed E-state index contributed by atoms with van der Waals surface area (Å²) in [5.74, 6) is 0.258. The van der Waals surface area contributed by atoms with E-state index in [0.29, 0.717) is 23.2 Å². The van der Waals surface area contributed by atoms with Crippen molar-refractivity contribution in [3.05, 3.63) is 52.3 Å². The first-order chi connectivity index (χ1) is 11.0. The maximum atomic E-state index is 12.2. The van der Waals surface area contributed by atoms with Crippen LogP contribution in [0.25, 0.3) is 0 Å². The number of rotatable bonds is 6. The topological polar surface area (TPSA) is 66.9 Å². The van der Waals surface area contributed by atoms with Gasteiger partial charge in [0, 0.05) is 23.3 Å². The van der Waals surface area contributed by atoms with Crippen molar-refractivity contribution < 1.29 is 4.79 Å². The molecular formula is C17H21ClN4O. The van der Waals surface area contributed by atoms with E-state index in [2.05, 4.69) is 20.6 Å².